The summed E-state index contributed by atoms with van der Waals surface area (Å²) < 4.78 is 28.7. The van der Waals surface area contributed by atoms with Gasteiger partial charge in [-0.15, -0.1) is 0 Å². The van der Waals surface area contributed by atoms with E-state index in [-0.39, 0.29) is 37.7 Å². The molecule has 2 aliphatic rings. The first kappa shape index (κ1) is 22.4. The van der Waals surface area contributed by atoms with Crippen LogP contribution in [0.1, 0.15) is 58.0 Å². The fourth-order valence-corrected chi connectivity index (χ4v) is 4.56. The van der Waals surface area contributed by atoms with E-state index in [1.54, 1.807) is 24.3 Å². The number of nitrogens with zero attached hydrogens (tertiary/aromatic N) is 4. The Morgan fingerprint density at radius 3 is 2.64 bits per heavy atom. The van der Waals surface area contributed by atoms with E-state index in [0.717, 1.165) is 29.6 Å². The number of aromatic nitrogens is 4. The summed E-state index contributed by atoms with van der Waals surface area (Å²) in [5.74, 6) is -2.26. The summed E-state index contributed by atoms with van der Waals surface area (Å²) in [6.45, 7) is 0.0554. The molecule has 0 spiro atoms. The second kappa shape index (κ2) is 8.54. The minimum absolute atomic E-state index is 0.0277. The molecule has 0 atom stereocenters. The van der Waals surface area contributed by atoms with Gasteiger partial charge in [0.15, 0.2) is 5.82 Å². The van der Waals surface area contributed by atoms with Crippen LogP contribution < -0.4 is 5.32 Å². The molecule has 2 N–H and O–H groups in total. The van der Waals surface area contributed by atoms with Crippen molar-refractivity contribution >= 4 is 28.7 Å². The van der Waals surface area contributed by atoms with Crippen LogP contribution in [0, 0.1) is 0 Å². The first-order valence-electron chi connectivity index (χ1n) is 12.0. The lowest BCUT2D eigenvalue weighted by Crippen LogP contribution is -2.42. The van der Waals surface area contributed by atoms with E-state index in [1.165, 1.54) is 11.1 Å². The molecule has 6 rings (SSSR count). The van der Waals surface area contributed by atoms with E-state index in [0.29, 0.717) is 28.5 Å². The lowest BCUT2D eigenvalue weighted by atomic mass is 10.1. The molecule has 1 aliphatic heterocycles. The van der Waals surface area contributed by atoms with E-state index in [9.17, 15) is 18.4 Å². The Hall–Kier alpha value is -4.08. The molecule has 1 saturated carbocycles. The number of benzene rings is 1. The molecule has 3 aromatic heterocycles. The summed E-state index contributed by atoms with van der Waals surface area (Å²) in [6.07, 6.45) is 4.93. The Morgan fingerprint density at radius 1 is 1.06 bits per heavy atom. The Labute approximate surface area is 205 Å². The second-order valence-corrected chi connectivity index (χ2v) is 9.46. The fraction of sp³-hybridized carbons (Fsp3) is 0.308. The number of H-pyrrole nitrogens is 1. The zero-order valence-electron chi connectivity index (χ0n) is 19.4. The van der Waals surface area contributed by atoms with Gasteiger partial charge < -0.3 is 14.8 Å². The predicted molar refractivity (Wildman–Crippen MR) is 130 cm³/mol. The number of carbonyl (C=O) groups excluding carboxylic acids is 2. The topological polar surface area (TPSA) is 95.9 Å². The summed E-state index contributed by atoms with van der Waals surface area (Å²) >= 11 is 0. The van der Waals surface area contributed by atoms with Crippen molar-refractivity contribution in [2.75, 3.05) is 18.4 Å². The van der Waals surface area contributed by atoms with Gasteiger partial charge in [-0.2, -0.15) is 5.10 Å². The third-order valence-electron chi connectivity index (χ3n) is 6.80. The first-order chi connectivity index (χ1) is 17.4. The van der Waals surface area contributed by atoms with Crippen molar-refractivity contribution in [2.24, 2.45) is 0 Å². The Kier molecular flexibility index (Phi) is 5.31. The summed E-state index contributed by atoms with van der Waals surface area (Å²) in [5, 5.41) is 10.7. The summed E-state index contributed by atoms with van der Waals surface area (Å²) in [4.78, 5) is 31.6. The summed E-state index contributed by atoms with van der Waals surface area (Å²) in [6, 6.07) is 12.6. The molecule has 4 heterocycles. The number of piperidine rings is 1. The van der Waals surface area contributed by atoms with E-state index in [4.69, 9.17) is 0 Å². The smallest absolute Gasteiger partial charge is 0.256 e. The number of amides is 2. The molecule has 0 bridgehead atoms. The quantitative estimate of drug-likeness (QED) is 0.422. The maximum Gasteiger partial charge on any atom is 0.256 e. The number of likely N-dealkylation sites (tertiary alicyclic amines) is 1. The molecular weight excluding hydrogens is 466 g/mol. The molecule has 36 heavy (non-hydrogen) atoms. The van der Waals surface area contributed by atoms with E-state index in [2.05, 4.69) is 20.5 Å². The molecule has 2 amide bonds. The molecule has 1 aliphatic carbocycles. The highest BCUT2D eigenvalue weighted by Gasteiger charge is 2.36. The molecule has 4 aromatic rings. The maximum absolute atomic E-state index is 13.5. The van der Waals surface area contributed by atoms with E-state index >= 15 is 0 Å². The van der Waals surface area contributed by atoms with Crippen molar-refractivity contribution < 1.29 is 18.4 Å². The highest BCUT2D eigenvalue weighted by atomic mass is 19.3. The van der Waals surface area contributed by atoms with Crippen LogP contribution in [-0.2, 0) is 0 Å². The molecule has 2 fully saturated rings. The van der Waals surface area contributed by atoms with Gasteiger partial charge in [0.1, 0.15) is 5.65 Å². The number of hydrogen-bond acceptors (Lipinski definition) is 4. The highest BCUT2D eigenvalue weighted by Crippen LogP contribution is 2.39. The normalized spacial score (nSPS) is 17.3. The zero-order valence-corrected chi connectivity index (χ0v) is 19.4. The SMILES string of the molecule is O=C(Nc1cc(C2CC2)[nH]n1)c1cccc(-n2ccc3cc(C(=O)N4CCC(F)(F)CC4)cnc32)c1. The molecule has 184 valence electrons. The average Bonchev–Trinajstić information content (AvgIpc) is 3.48. The van der Waals surface area contributed by atoms with Crippen LogP contribution in [0.5, 0.6) is 0 Å². The monoisotopic (exact) mass is 490 g/mol. The van der Waals surface area contributed by atoms with Gasteiger partial charge in [0, 0.05) is 72.6 Å². The predicted octanol–water partition coefficient (Wildman–Crippen LogP) is 4.75. The number of fused-ring (bicyclic) bond motifs is 1. The van der Waals surface area contributed by atoms with Crippen molar-refractivity contribution in [1.29, 1.82) is 0 Å². The molecule has 8 nitrogen and oxygen atoms in total. The number of hydrogen-bond donors (Lipinski definition) is 2. The van der Waals surface area contributed by atoms with Crippen LogP contribution in [0.25, 0.3) is 16.7 Å². The minimum Gasteiger partial charge on any atom is -0.338 e. The lowest BCUT2D eigenvalue weighted by Gasteiger charge is -2.31. The third-order valence-corrected chi connectivity index (χ3v) is 6.80. The van der Waals surface area contributed by atoms with Gasteiger partial charge >= 0.3 is 0 Å². The van der Waals surface area contributed by atoms with E-state index < -0.39 is 5.92 Å². The van der Waals surface area contributed by atoms with Crippen LogP contribution >= 0.6 is 0 Å². The maximum atomic E-state index is 13.5. The largest absolute Gasteiger partial charge is 0.338 e. The third kappa shape index (κ3) is 4.34. The molecule has 0 radical (unpaired) electrons. The Bertz CT molecular complexity index is 1460. The average molecular weight is 491 g/mol. The standard InChI is InChI=1S/C26H24F2N6O2/c27-26(28)7-10-33(11-8-26)25(36)19-12-17-6-9-34(23(17)29-15-19)20-3-1-2-18(13-20)24(35)30-22-14-21(31-32-22)16-4-5-16/h1-3,6,9,12-16H,4-5,7-8,10-11H2,(H2,30,31,32,35). The minimum atomic E-state index is -2.71. The van der Waals surface area contributed by atoms with Crippen molar-refractivity contribution in [3.05, 3.63) is 71.7 Å². The molecule has 0 unspecified atom stereocenters. The Balaban J connectivity index is 1.20. The van der Waals surface area contributed by atoms with E-state index in [1.807, 2.05) is 29.0 Å². The number of anilines is 1. The Morgan fingerprint density at radius 2 is 1.86 bits per heavy atom. The number of rotatable bonds is 5. The van der Waals surface area contributed by atoms with Gasteiger partial charge in [0.05, 0.1) is 5.56 Å². The number of pyridine rings is 1. The van der Waals surface area contributed by atoms with Crippen LogP contribution in [0.4, 0.5) is 14.6 Å². The molecular formula is C26H24F2N6O2. The van der Waals surface area contributed by atoms with Crippen LogP contribution in [0.3, 0.4) is 0 Å². The lowest BCUT2D eigenvalue weighted by molar-refractivity contribution is -0.0494. The zero-order chi connectivity index (χ0) is 24.9. The fourth-order valence-electron chi connectivity index (χ4n) is 4.56. The van der Waals surface area contributed by atoms with Gasteiger partial charge in [0.2, 0.25) is 0 Å². The van der Waals surface area contributed by atoms with Crippen molar-refractivity contribution in [1.82, 2.24) is 24.6 Å². The highest BCUT2D eigenvalue weighted by molar-refractivity contribution is 6.04. The molecule has 10 heteroatoms. The second-order valence-electron chi connectivity index (χ2n) is 9.46. The summed E-state index contributed by atoms with van der Waals surface area (Å²) in [5.41, 5.74) is 3.24. The summed E-state index contributed by atoms with van der Waals surface area (Å²) in [7, 11) is 0. The molecule has 1 aromatic carbocycles. The van der Waals surface area contributed by atoms with Gasteiger partial charge in [-0.3, -0.25) is 14.7 Å². The number of nitrogens with one attached hydrogen (secondary N) is 2. The number of halogens is 2. The van der Waals surface area contributed by atoms with Gasteiger partial charge in [-0.25, -0.2) is 13.8 Å². The van der Waals surface area contributed by atoms with Crippen LogP contribution in [-0.4, -0.2) is 55.5 Å². The van der Waals surface area contributed by atoms with Gasteiger partial charge in [0.25, 0.3) is 17.7 Å². The number of carbonyl (C=O) groups is 2. The first-order valence-corrected chi connectivity index (χ1v) is 12.0. The van der Waals surface area contributed by atoms with Crippen molar-refractivity contribution in [3.63, 3.8) is 0 Å². The van der Waals surface area contributed by atoms with Crippen molar-refractivity contribution in [2.45, 2.75) is 37.5 Å². The van der Waals surface area contributed by atoms with Crippen LogP contribution in [0.15, 0.2) is 54.9 Å². The van der Waals surface area contributed by atoms with Crippen molar-refractivity contribution in [3.8, 4) is 5.69 Å². The van der Waals surface area contributed by atoms with Crippen LogP contribution in [0.2, 0.25) is 0 Å². The van der Waals surface area contributed by atoms with Gasteiger partial charge in [-0.05, 0) is 43.2 Å². The molecule has 1 saturated heterocycles. The number of aromatic amines is 1. The van der Waals surface area contributed by atoms with Gasteiger partial charge in [-0.1, -0.05) is 6.07 Å². The number of alkyl halides is 2.